The minimum atomic E-state index is -0.0561. The van der Waals surface area contributed by atoms with Crippen LogP contribution < -0.4 is 10.2 Å². The summed E-state index contributed by atoms with van der Waals surface area (Å²) in [4.78, 5) is 19.2. The third-order valence-corrected chi connectivity index (χ3v) is 5.32. The summed E-state index contributed by atoms with van der Waals surface area (Å²) in [6, 6.07) is 22.3. The Balaban J connectivity index is 1.57. The van der Waals surface area contributed by atoms with Crippen molar-refractivity contribution in [3.63, 3.8) is 0 Å². The summed E-state index contributed by atoms with van der Waals surface area (Å²) in [6.45, 7) is 1.55. The maximum atomic E-state index is 13.3. The molecule has 4 rings (SSSR count). The Bertz CT molecular complexity index is 911. The largest absolute Gasteiger partial charge is 0.315 e. The Morgan fingerprint density at radius 2 is 1.81 bits per heavy atom. The molecule has 0 radical (unpaired) electrons. The molecule has 0 bridgehead atoms. The molecule has 2 unspecified atom stereocenters. The van der Waals surface area contributed by atoms with Gasteiger partial charge in [-0.15, -0.1) is 0 Å². The van der Waals surface area contributed by atoms with Crippen LogP contribution in [0.4, 0.5) is 5.69 Å². The molecule has 2 aromatic carbocycles. The van der Waals surface area contributed by atoms with Crippen LogP contribution in [-0.4, -0.2) is 31.0 Å². The lowest BCUT2D eigenvalue weighted by Gasteiger charge is -2.25. The number of carbonyl (C=O) groups is 1. The summed E-state index contributed by atoms with van der Waals surface area (Å²) in [5.74, 6) is 0.305. The molecule has 4 nitrogen and oxygen atoms in total. The van der Waals surface area contributed by atoms with Crippen molar-refractivity contribution >= 4 is 11.6 Å². The molecule has 27 heavy (non-hydrogen) atoms. The van der Waals surface area contributed by atoms with Gasteiger partial charge in [-0.25, -0.2) is 0 Å². The molecular formula is C23H23N3O. The van der Waals surface area contributed by atoms with E-state index < -0.39 is 0 Å². The number of pyridine rings is 1. The molecule has 1 amide bonds. The van der Waals surface area contributed by atoms with E-state index in [9.17, 15) is 4.79 Å². The number of carbonyl (C=O) groups excluding carboxylic acids is 1. The Kier molecular flexibility index (Phi) is 4.99. The monoisotopic (exact) mass is 357 g/mol. The second-order valence-corrected chi connectivity index (χ2v) is 6.97. The van der Waals surface area contributed by atoms with E-state index in [-0.39, 0.29) is 17.7 Å². The average molecular weight is 357 g/mol. The summed E-state index contributed by atoms with van der Waals surface area (Å²) in [7, 11) is 1.87. The van der Waals surface area contributed by atoms with Gasteiger partial charge in [-0.3, -0.25) is 9.78 Å². The Hall–Kier alpha value is -2.98. The number of amides is 1. The molecule has 1 aliphatic rings. The van der Waals surface area contributed by atoms with E-state index in [2.05, 4.69) is 28.5 Å². The number of nitrogens with zero attached hydrogens (tertiary/aromatic N) is 2. The number of rotatable bonds is 4. The molecule has 136 valence electrons. The van der Waals surface area contributed by atoms with Crippen molar-refractivity contribution in [1.29, 1.82) is 0 Å². The number of benzene rings is 2. The van der Waals surface area contributed by atoms with Crippen LogP contribution >= 0.6 is 0 Å². The van der Waals surface area contributed by atoms with Crippen LogP contribution in [0.1, 0.15) is 11.5 Å². The van der Waals surface area contributed by atoms with Gasteiger partial charge >= 0.3 is 0 Å². The summed E-state index contributed by atoms with van der Waals surface area (Å²) < 4.78 is 0. The Labute approximate surface area is 159 Å². The molecule has 1 N–H and O–H groups in total. The predicted octanol–water partition coefficient (Wildman–Crippen LogP) is 3.71. The zero-order chi connectivity index (χ0) is 18.6. The molecule has 3 aromatic rings. The molecule has 0 aliphatic carbocycles. The SMILES string of the molecule is CN(C(=O)C1CNCC1c1ccccc1)c1cccc(-c2cccnc2)c1. The fraction of sp³-hybridized carbons (Fsp3) is 0.217. The minimum absolute atomic E-state index is 0.0561. The van der Waals surface area contributed by atoms with E-state index in [1.54, 1.807) is 11.1 Å². The standard InChI is InChI=1S/C23H23N3O/c1-26(20-11-5-9-18(13-20)19-10-6-12-24-14-19)23(27)22-16-25-15-21(22)17-7-3-2-4-8-17/h2-14,21-22,25H,15-16H2,1H3. The first-order valence-corrected chi connectivity index (χ1v) is 9.28. The number of hydrogen-bond donors (Lipinski definition) is 1. The van der Waals surface area contributed by atoms with Crippen LogP contribution in [0.2, 0.25) is 0 Å². The second-order valence-electron chi connectivity index (χ2n) is 6.97. The van der Waals surface area contributed by atoms with Crippen molar-refractivity contribution in [3.05, 3.63) is 84.7 Å². The lowest BCUT2D eigenvalue weighted by atomic mass is 9.88. The molecule has 4 heteroatoms. The van der Waals surface area contributed by atoms with Gasteiger partial charge in [-0.05, 0) is 29.3 Å². The third kappa shape index (κ3) is 3.62. The van der Waals surface area contributed by atoms with Crippen molar-refractivity contribution in [1.82, 2.24) is 10.3 Å². The normalized spacial score (nSPS) is 19.0. The highest BCUT2D eigenvalue weighted by Crippen LogP contribution is 2.31. The first kappa shape index (κ1) is 17.4. The van der Waals surface area contributed by atoms with Gasteiger partial charge in [0.25, 0.3) is 0 Å². The fourth-order valence-electron chi connectivity index (χ4n) is 3.79. The van der Waals surface area contributed by atoms with Crippen molar-refractivity contribution in [2.24, 2.45) is 5.92 Å². The maximum Gasteiger partial charge on any atom is 0.231 e. The smallest absolute Gasteiger partial charge is 0.231 e. The van der Waals surface area contributed by atoms with Crippen LogP contribution in [0.15, 0.2) is 79.1 Å². The van der Waals surface area contributed by atoms with Gasteiger partial charge in [0.15, 0.2) is 0 Å². The molecule has 1 saturated heterocycles. The number of anilines is 1. The molecule has 2 heterocycles. The van der Waals surface area contributed by atoms with Crippen LogP contribution in [-0.2, 0) is 4.79 Å². The summed E-state index contributed by atoms with van der Waals surface area (Å²) >= 11 is 0. The highest BCUT2D eigenvalue weighted by atomic mass is 16.2. The fourth-order valence-corrected chi connectivity index (χ4v) is 3.79. The molecule has 0 spiro atoms. The Morgan fingerprint density at radius 3 is 2.59 bits per heavy atom. The van der Waals surface area contributed by atoms with E-state index >= 15 is 0 Å². The van der Waals surface area contributed by atoms with Gasteiger partial charge in [0, 0.05) is 49.7 Å². The molecule has 1 fully saturated rings. The van der Waals surface area contributed by atoms with E-state index in [0.29, 0.717) is 6.54 Å². The summed E-state index contributed by atoms with van der Waals surface area (Å²) in [6.07, 6.45) is 3.60. The van der Waals surface area contributed by atoms with Crippen molar-refractivity contribution in [3.8, 4) is 11.1 Å². The van der Waals surface area contributed by atoms with Crippen molar-refractivity contribution in [2.45, 2.75) is 5.92 Å². The number of aromatic nitrogens is 1. The lowest BCUT2D eigenvalue weighted by molar-refractivity contribution is -0.121. The maximum absolute atomic E-state index is 13.3. The van der Waals surface area contributed by atoms with E-state index in [1.165, 1.54) is 5.56 Å². The summed E-state index contributed by atoms with van der Waals surface area (Å²) in [5.41, 5.74) is 4.23. The molecule has 0 saturated carbocycles. The van der Waals surface area contributed by atoms with Crippen molar-refractivity contribution in [2.75, 3.05) is 25.0 Å². The van der Waals surface area contributed by atoms with Gasteiger partial charge < -0.3 is 10.2 Å². The highest BCUT2D eigenvalue weighted by molar-refractivity contribution is 5.96. The molecule has 1 aromatic heterocycles. The highest BCUT2D eigenvalue weighted by Gasteiger charge is 2.35. The minimum Gasteiger partial charge on any atom is -0.315 e. The molecular weight excluding hydrogens is 334 g/mol. The number of hydrogen-bond acceptors (Lipinski definition) is 3. The van der Waals surface area contributed by atoms with Crippen LogP contribution in [0.5, 0.6) is 0 Å². The first-order valence-electron chi connectivity index (χ1n) is 9.28. The van der Waals surface area contributed by atoms with E-state index in [4.69, 9.17) is 0 Å². The van der Waals surface area contributed by atoms with Crippen LogP contribution in [0.25, 0.3) is 11.1 Å². The van der Waals surface area contributed by atoms with Crippen LogP contribution in [0, 0.1) is 5.92 Å². The van der Waals surface area contributed by atoms with Gasteiger partial charge in [-0.2, -0.15) is 0 Å². The van der Waals surface area contributed by atoms with Gasteiger partial charge in [0.1, 0.15) is 0 Å². The summed E-state index contributed by atoms with van der Waals surface area (Å²) in [5, 5.41) is 3.39. The lowest BCUT2D eigenvalue weighted by Crippen LogP contribution is -2.36. The van der Waals surface area contributed by atoms with Gasteiger partial charge in [-0.1, -0.05) is 48.5 Å². The first-order chi connectivity index (χ1) is 13.2. The zero-order valence-corrected chi connectivity index (χ0v) is 15.4. The quantitative estimate of drug-likeness (QED) is 0.774. The predicted molar refractivity (Wildman–Crippen MR) is 109 cm³/mol. The Morgan fingerprint density at radius 1 is 1.00 bits per heavy atom. The zero-order valence-electron chi connectivity index (χ0n) is 15.4. The van der Waals surface area contributed by atoms with Crippen LogP contribution in [0.3, 0.4) is 0 Å². The number of nitrogens with one attached hydrogen (secondary N) is 1. The topological polar surface area (TPSA) is 45.2 Å². The van der Waals surface area contributed by atoms with E-state index in [0.717, 1.165) is 23.4 Å². The van der Waals surface area contributed by atoms with Gasteiger partial charge in [0.05, 0.1) is 5.92 Å². The molecule has 2 atom stereocenters. The average Bonchev–Trinajstić information content (AvgIpc) is 3.24. The second kappa shape index (κ2) is 7.72. The molecule has 1 aliphatic heterocycles. The van der Waals surface area contributed by atoms with E-state index in [1.807, 2.05) is 61.8 Å². The third-order valence-electron chi connectivity index (χ3n) is 5.32. The van der Waals surface area contributed by atoms with Gasteiger partial charge in [0.2, 0.25) is 5.91 Å². The van der Waals surface area contributed by atoms with Crippen molar-refractivity contribution < 1.29 is 4.79 Å².